The molecule has 1 atom stereocenters. The van der Waals surface area contributed by atoms with Crippen LogP contribution in [-0.4, -0.2) is 55.4 Å². The van der Waals surface area contributed by atoms with Crippen molar-refractivity contribution in [2.45, 2.75) is 32.2 Å². The summed E-state index contributed by atoms with van der Waals surface area (Å²) in [7, 11) is -1.57. The summed E-state index contributed by atoms with van der Waals surface area (Å²) in [5.74, 6) is 0.262. The van der Waals surface area contributed by atoms with E-state index in [1.807, 2.05) is 6.92 Å². The number of unbranched alkanes of at least 4 members (excludes halogenated alkanes) is 1. The van der Waals surface area contributed by atoms with Gasteiger partial charge < -0.3 is 9.64 Å². The van der Waals surface area contributed by atoms with E-state index in [1.165, 1.54) is 7.11 Å². The molecule has 1 unspecified atom stereocenters. The number of sulfone groups is 1. The Hall–Kier alpha value is -1.63. The highest BCUT2D eigenvalue weighted by atomic mass is 32.2. The number of carbonyl (C=O) groups excluding carboxylic acids is 1. The number of amides is 1. The molecule has 0 spiro atoms. The fourth-order valence-corrected chi connectivity index (χ4v) is 4.40. The highest BCUT2D eigenvalue weighted by molar-refractivity contribution is 7.91. The number of methoxy groups -OCH3 is 1. The van der Waals surface area contributed by atoms with Crippen LogP contribution in [-0.2, 0) is 9.84 Å². The Morgan fingerprint density at radius 3 is 2.86 bits per heavy atom. The van der Waals surface area contributed by atoms with Crippen LogP contribution in [0.4, 0.5) is 0 Å². The Morgan fingerprint density at radius 1 is 1.50 bits per heavy atom. The molecular formula is C15H22N2O4S. The molecule has 122 valence electrons. The lowest BCUT2D eigenvalue weighted by molar-refractivity contribution is 0.0690. The van der Waals surface area contributed by atoms with Gasteiger partial charge in [-0.1, -0.05) is 13.3 Å². The van der Waals surface area contributed by atoms with E-state index >= 15 is 0 Å². The van der Waals surface area contributed by atoms with Crippen LogP contribution < -0.4 is 4.74 Å². The number of ether oxygens (including phenoxy) is 1. The van der Waals surface area contributed by atoms with Crippen LogP contribution in [0.5, 0.6) is 5.88 Å². The summed E-state index contributed by atoms with van der Waals surface area (Å²) in [6.45, 7) is 2.59. The lowest BCUT2D eigenvalue weighted by Crippen LogP contribution is -2.42. The second-order valence-electron chi connectivity index (χ2n) is 5.47. The highest BCUT2D eigenvalue weighted by Crippen LogP contribution is 2.23. The predicted octanol–water partition coefficient (Wildman–Crippen LogP) is 1.52. The Balaban J connectivity index is 2.26. The van der Waals surface area contributed by atoms with Gasteiger partial charge in [-0.15, -0.1) is 0 Å². The van der Waals surface area contributed by atoms with Crippen LogP contribution in [0, 0.1) is 0 Å². The third-order valence-electron chi connectivity index (χ3n) is 3.86. The minimum absolute atomic E-state index is 0.0467. The molecule has 7 heteroatoms. The Labute approximate surface area is 131 Å². The van der Waals surface area contributed by atoms with E-state index in [1.54, 1.807) is 23.2 Å². The van der Waals surface area contributed by atoms with Gasteiger partial charge in [0.1, 0.15) is 5.56 Å². The van der Waals surface area contributed by atoms with Crippen LogP contribution in [0.3, 0.4) is 0 Å². The summed E-state index contributed by atoms with van der Waals surface area (Å²) in [6, 6.07) is 3.09. The molecule has 0 saturated carbocycles. The first-order chi connectivity index (χ1) is 10.5. The van der Waals surface area contributed by atoms with Crippen molar-refractivity contribution in [1.29, 1.82) is 0 Å². The van der Waals surface area contributed by atoms with Crippen LogP contribution in [0.2, 0.25) is 0 Å². The van der Waals surface area contributed by atoms with E-state index in [0.717, 1.165) is 12.8 Å². The van der Waals surface area contributed by atoms with E-state index < -0.39 is 9.84 Å². The molecule has 0 aromatic carbocycles. The molecule has 1 aromatic rings. The molecule has 2 rings (SSSR count). The molecule has 0 aliphatic carbocycles. The van der Waals surface area contributed by atoms with Gasteiger partial charge in [-0.3, -0.25) is 4.79 Å². The average Bonchev–Trinajstić information content (AvgIpc) is 2.87. The quantitative estimate of drug-likeness (QED) is 0.792. The van der Waals surface area contributed by atoms with Crippen molar-refractivity contribution >= 4 is 15.7 Å². The number of pyridine rings is 1. The van der Waals surface area contributed by atoms with Gasteiger partial charge >= 0.3 is 0 Å². The lowest BCUT2D eigenvalue weighted by Gasteiger charge is -2.28. The summed E-state index contributed by atoms with van der Waals surface area (Å²) in [5, 5.41) is 0. The van der Waals surface area contributed by atoms with Crippen molar-refractivity contribution in [1.82, 2.24) is 9.88 Å². The molecule has 6 nitrogen and oxygen atoms in total. The average molecular weight is 326 g/mol. The first-order valence-corrected chi connectivity index (χ1v) is 9.31. The number of rotatable bonds is 6. The van der Waals surface area contributed by atoms with E-state index in [0.29, 0.717) is 18.5 Å². The summed E-state index contributed by atoms with van der Waals surface area (Å²) in [4.78, 5) is 18.6. The van der Waals surface area contributed by atoms with Crippen molar-refractivity contribution in [3.05, 3.63) is 23.9 Å². The summed E-state index contributed by atoms with van der Waals surface area (Å²) in [6.07, 6.45) is 3.84. The fourth-order valence-electron chi connectivity index (χ4n) is 2.67. The number of nitrogens with zero attached hydrogens (tertiary/aromatic N) is 2. The van der Waals surface area contributed by atoms with E-state index in [2.05, 4.69) is 4.98 Å². The van der Waals surface area contributed by atoms with Crippen molar-refractivity contribution < 1.29 is 17.9 Å². The fraction of sp³-hybridized carbons (Fsp3) is 0.600. The summed E-state index contributed by atoms with van der Waals surface area (Å²) < 4.78 is 28.6. The predicted molar refractivity (Wildman–Crippen MR) is 83.8 cm³/mol. The molecule has 0 N–H and O–H groups in total. The first kappa shape index (κ1) is 16.7. The third-order valence-corrected chi connectivity index (χ3v) is 5.61. The van der Waals surface area contributed by atoms with Crippen molar-refractivity contribution in [3.63, 3.8) is 0 Å². The smallest absolute Gasteiger partial charge is 0.259 e. The SMILES string of the molecule is CCCCN(C(=O)c1cccnc1OC)C1CCS(=O)(=O)C1. The summed E-state index contributed by atoms with van der Waals surface area (Å²) in [5.41, 5.74) is 0.380. The van der Waals surface area contributed by atoms with Crippen LogP contribution in [0.1, 0.15) is 36.5 Å². The molecular weight excluding hydrogens is 304 g/mol. The van der Waals surface area contributed by atoms with Crippen molar-refractivity contribution in [3.8, 4) is 5.88 Å². The summed E-state index contributed by atoms with van der Waals surface area (Å²) >= 11 is 0. The topological polar surface area (TPSA) is 76.6 Å². The molecule has 1 aromatic heterocycles. The monoisotopic (exact) mass is 326 g/mol. The lowest BCUT2D eigenvalue weighted by atomic mass is 10.1. The minimum atomic E-state index is -3.04. The molecule has 1 amide bonds. The normalized spacial score (nSPS) is 19.8. The molecule has 1 aliphatic heterocycles. The maximum absolute atomic E-state index is 12.8. The number of hydrogen-bond acceptors (Lipinski definition) is 5. The van der Waals surface area contributed by atoms with Gasteiger partial charge in [0.15, 0.2) is 9.84 Å². The molecule has 1 aliphatic rings. The van der Waals surface area contributed by atoms with Crippen molar-refractivity contribution in [2.75, 3.05) is 25.2 Å². The zero-order valence-electron chi connectivity index (χ0n) is 13.0. The van der Waals surface area contributed by atoms with Crippen molar-refractivity contribution in [2.24, 2.45) is 0 Å². The van der Waals surface area contributed by atoms with Gasteiger partial charge in [-0.05, 0) is 25.0 Å². The van der Waals surface area contributed by atoms with Crippen LogP contribution in [0.25, 0.3) is 0 Å². The van der Waals surface area contributed by atoms with Gasteiger partial charge in [0.2, 0.25) is 5.88 Å². The maximum Gasteiger partial charge on any atom is 0.259 e. The third kappa shape index (κ3) is 3.76. The van der Waals surface area contributed by atoms with Gasteiger partial charge in [0, 0.05) is 18.8 Å². The maximum atomic E-state index is 12.8. The Bertz CT molecular complexity index is 630. The zero-order chi connectivity index (χ0) is 16.2. The number of hydrogen-bond donors (Lipinski definition) is 0. The minimum Gasteiger partial charge on any atom is -0.480 e. The van der Waals surface area contributed by atoms with Gasteiger partial charge in [-0.2, -0.15) is 0 Å². The van der Waals surface area contributed by atoms with E-state index in [9.17, 15) is 13.2 Å². The number of carbonyl (C=O) groups is 1. The standard InChI is InChI=1S/C15H22N2O4S/c1-3-4-9-17(12-7-10-22(19,20)11-12)15(18)13-6-5-8-16-14(13)21-2/h5-6,8,12H,3-4,7,9-11H2,1-2H3. The van der Waals surface area contributed by atoms with E-state index in [4.69, 9.17) is 4.74 Å². The van der Waals surface area contributed by atoms with Gasteiger partial charge in [0.25, 0.3) is 5.91 Å². The highest BCUT2D eigenvalue weighted by Gasteiger charge is 2.35. The van der Waals surface area contributed by atoms with Crippen LogP contribution in [0.15, 0.2) is 18.3 Å². The second-order valence-corrected chi connectivity index (χ2v) is 7.70. The largest absolute Gasteiger partial charge is 0.480 e. The molecule has 22 heavy (non-hydrogen) atoms. The first-order valence-electron chi connectivity index (χ1n) is 7.49. The van der Waals surface area contributed by atoms with Crippen LogP contribution >= 0.6 is 0 Å². The zero-order valence-corrected chi connectivity index (χ0v) is 13.8. The Kier molecular flexibility index (Phi) is 5.39. The van der Waals surface area contributed by atoms with E-state index in [-0.39, 0.29) is 29.3 Å². The van der Waals surface area contributed by atoms with Gasteiger partial charge in [0.05, 0.1) is 18.6 Å². The second kappa shape index (κ2) is 7.09. The van der Waals surface area contributed by atoms with Gasteiger partial charge in [-0.25, -0.2) is 13.4 Å². The molecule has 1 fully saturated rings. The number of aromatic nitrogens is 1. The molecule has 1 saturated heterocycles. The molecule has 2 heterocycles. The molecule has 0 bridgehead atoms. The Morgan fingerprint density at radius 2 is 2.27 bits per heavy atom. The molecule has 0 radical (unpaired) electrons.